The van der Waals surface area contributed by atoms with Gasteiger partial charge < -0.3 is 19.5 Å². The molecule has 27 heavy (non-hydrogen) atoms. The molecule has 1 N–H and O–H groups in total. The molecule has 5 rings (SSSR count). The van der Waals surface area contributed by atoms with Crippen molar-refractivity contribution in [2.24, 2.45) is 4.99 Å². The monoisotopic (exact) mass is 363 g/mol. The van der Waals surface area contributed by atoms with E-state index in [1.54, 1.807) is 6.26 Å². The van der Waals surface area contributed by atoms with Gasteiger partial charge in [-0.1, -0.05) is 36.4 Å². The van der Waals surface area contributed by atoms with Gasteiger partial charge in [-0.15, -0.1) is 0 Å². The van der Waals surface area contributed by atoms with Gasteiger partial charge >= 0.3 is 6.09 Å². The van der Waals surface area contributed by atoms with Gasteiger partial charge in [0.2, 0.25) is 0 Å². The van der Waals surface area contributed by atoms with Crippen molar-refractivity contribution in [1.29, 1.82) is 0 Å². The number of hydrogen-bond acceptors (Lipinski definition) is 6. The van der Waals surface area contributed by atoms with Gasteiger partial charge in [-0.25, -0.2) is 9.79 Å². The van der Waals surface area contributed by atoms with Crippen molar-refractivity contribution in [3.05, 3.63) is 66.2 Å². The van der Waals surface area contributed by atoms with Crippen molar-refractivity contribution >= 4 is 23.7 Å². The summed E-state index contributed by atoms with van der Waals surface area (Å²) >= 11 is 0. The maximum absolute atomic E-state index is 12.5. The van der Waals surface area contributed by atoms with E-state index in [0.29, 0.717) is 23.5 Å². The second-order valence-corrected chi connectivity index (χ2v) is 6.53. The number of aliphatic hydroxyl groups excluding tert-OH is 1. The van der Waals surface area contributed by atoms with E-state index in [1.807, 2.05) is 59.6 Å². The maximum atomic E-state index is 12.5. The average Bonchev–Trinajstić information content (AvgIpc) is 3.34. The Morgan fingerprint density at radius 3 is 2.67 bits per heavy atom. The highest BCUT2D eigenvalue weighted by Crippen LogP contribution is 2.44. The smallest absolute Gasteiger partial charge is 0.414 e. The van der Waals surface area contributed by atoms with Crippen molar-refractivity contribution in [2.45, 2.75) is 12.2 Å². The SMILES string of the molecule is O=C1O[C@@H](C(O)c2ccccc2)CN1c1cccc2c1OC=C1N=CCN12. The molecule has 7 nitrogen and oxygen atoms in total. The summed E-state index contributed by atoms with van der Waals surface area (Å²) < 4.78 is 11.2. The zero-order valence-electron chi connectivity index (χ0n) is 14.4. The van der Waals surface area contributed by atoms with E-state index in [1.165, 1.54) is 4.90 Å². The fourth-order valence-corrected chi connectivity index (χ4v) is 3.58. The number of rotatable bonds is 3. The lowest BCUT2D eigenvalue weighted by Crippen LogP contribution is -2.29. The summed E-state index contributed by atoms with van der Waals surface area (Å²) in [5.74, 6) is 1.32. The zero-order chi connectivity index (χ0) is 18.4. The molecule has 7 heteroatoms. The molecule has 3 aliphatic heterocycles. The Balaban J connectivity index is 1.44. The van der Waals surface area contributed by atoms with Crippen LogP contribution in [0.15, 0.2) is 65.6 Å². The summed E-state index contributed by atoms with van der Waals surface area (Å²) in [5, 5.41) is 10.6. The average molecular weight is 363 g/mol. The first-order chi connectivity index (χ1) is 13.2. The highest BCUT2D eigenvalue weighted by molar-refractivity contribution is 5.94. The summed E-state index contributed by atoms with van der Waals surface area (Å²) in [7, 11) is 0. The third-order valence-electron chi connectivity index (χ3n) is 4.93. The predicted octanol–water partition coefficient (Wildman–Crippen LogP) is 2.83. The Hall–Kier alpha value is -3.32. The molecule has 3 aliphatic rings. The Labute approximate surface area is 155 Å². The molecular formula is C20H17N3O4. The lowest BCUT2D eigenvalue weighted by molar-refractivity contribution is 0.0319. The number of aliphatic hydroxyl groups is 1. The molecule has 2 aromatic rings. The maximum Gasteiger partial charge on any atom is 0.414 e. The van der Waals surface area contributed by atoms with Gasteiger partial charge in [-0.2, -0.15) is 0 Å². The number of nitrogens with zero attached hydrogens (tertiary/aromatic N) is 3. The number of hydrogen-bond donors (Lipinski definition) is 1. The molecule has 2 aromatic carbocycles. The summed E-state index contributed by atoms with van der Waals surface area (Å²) in [6, 6.07) is 14.8. The molecule has 0 spiro atoms. The molecule has 136 valence electrons. The minimum atomic E-state index is -0.890. The summed E-state index contributed by atoms with van der Waals surface area (Å²) in [6.07, 6.45) is 1.35. The topological polar surface area (TPSA) is 74.6 Å². The van der Waals surface area contributed by atoms with Crippen LogP contribution in [0.4, 0.5) is 16.2 Å². The van der Waals surface area contributed by atoms with Crippen molar-refractivity contribution in [1.82, 2.24) is 0 Å². The normalized spacial score (nSPS) is 21.3. The molecule has 2 atom stereocenters. The lowest BCUT2D eigenvalue weighted by atomic mass is 10.0. The quantitative estimate of drug-likeness (QED) is 0.908. The van der Waals surface area contributed by atoms with E-state index >= 15 is 0 Å². The van der Waals surface area contributed by atoms with Crippen molar-refractivity contribution < 1.29 is 19.4 Å². The van der Waals surface area contributed by atoms with Crippen LogP contribution in [0.5, 0.6) is 5.75 Å². The fourth-order valence-electron chi connectivity index (χ4n) is 3.58. The molecule has 3 heterocycles. The second kappa shape index (κ2) is 6.14. The fraction of sp³-hybridized carbons (Fsp3) is 0.200. The van der Waals surface area contributed by atoms with Crippen molar-refractivity contribution in [3.63, 3.8) is 0 Å². The highest BCUT2D eigenvalue weighted by atomic mass is 16.6. The molecule has 0 aliphatic carbocycles. The van der Waals surface area contributed by atoms with Crippen LogP contribution in [0.2, 0.25) is 0 Å². The summed E-state index contributed by atoms with van der Waals surface area (Å²) in [4.78, 5) is 20.3. The highest BCUT2D eigenvalue weighted by Gasteiger charge is 2.39. The first-order valence-electron chi connectivity index (χ1n) is 8.73. The van der Waals surface area contributed by atoms with Gasteiger partial charge in [0.05, 0.1) is 24.5 Å². The van der Waals surface area contributed by atoms with Gasteiger partial charge in [0, 0.05) is 6.21 Å². The minimum absolute atomic E-state index is 0.238. The number of anilines is 2. The number of para-hydroxylation sites is 1. The third kappa shape index (κ3) is 2.55. The van der Waals surface area contributed by atoms with Crippen LogP contribution < -0.4 is 14.5 Å². The Morgan fingerprint density at radius 2 is 1.85 bits per heavy atom. The van der Waals surface area contributed by atoms with E-state index in [4.69, 9.17) is 9.47 Å². The third-order valence-corrected chi connectivity index (χ3v) is 4.93. The molecule has 0 bridgehead atoms. The van der Waals surface area contributed by atoms with Gasteiger partial charge in [-0.05, 0) is 17.7 Å². The van der Waals surface area contributed by atoms with Gasteiger partial charge in [0.25, 0.3) is 0 Å². The number of aliphatic imine (C=N–C) groups is 1. The van der Waals surface area contributed by atoms with Crippen molar-refractivity contribution in [2.75, 3.05) is 22.9 Å². The van der Waals surface area contributed by atoms with Crippen LogP contribution in [0.1, 0.15) is 11.7 Å². The molecule has 1 unspecified atom stereocenters. The molecule has 1 fully saturated rings. The number of fused-ring (bicyclic) bond motifs is 3. The lowest BCUT2D eigenvalue weighted by Gasteiger charge is -2.28. The Bertz CT molecular complexity index is 957. The van der Waals surface area contributed by atoms with Crippen LogP contribution in [0.3, 0.4) is 0 Å². The zero-order valence-corrected chi connectivity index (χ0v) is 14.4. The number of carbonyl (C=O) groups excluding carboxylic acids is 1. The van der Waals surface area contributed by atoms with E-state index in [2.05, 4.69) is 4.99 Å². The number of ether oxygens (including phenoxy) is 2. The van der Waals surface area contributed by atoms with E-state index in [9.17, 15) is 9.90 Å². The number of amides is 1. The molecule has 1 saturated heterocycles. The van der Waals surface area contributed by atoms with E-state index in [0.717, 1.165) is 11.5 Å². The Morgan fingerprint density at radius 1 is 1.07 bits per heavy atom. The molecule has 0 radical (unpaired) electrons. The number of cyclic esters (lactones) is 1. The van der Waals surface area contributed by atoms with E-state index in [-0.39, 0.29) is 6.54 Å². The standard InChI is InChI=1S/C20H17N3O4/c24-18(13-5-2-1-3-6-13)16-11-23(20(25)27-16)15-8-4-7-14-19(15)26-12-17-21-9-10-22(14)17/h1-9,12,16,18,24H,10-11H2/t16-,18?/m1/s1. The van der Waals surface area contributed by atoms with Gasteiger partial charge in [0.15, 0.2) is 17.7 Å². The number of benzene rings is 2. The second-order valence-electron chi connectivity index (χ2n) is 6.53. The van der Waals surface area contributed by atoms with Crippen molar-refractivity contribution in [3.8, 4) is 5.75 Å². The first kappa shape index (κ1) is 15.9. The van der Waals surface area contributed by atoms with Crippen LogP contribution in [-0.2, 0) is 4.74 Å². The minimum Gasteiger partial charge on any atom is -0.457 e. The van der Waals surface area contributed by atoms with Gasteiger partial charge in [0.1, 0.15) is 12.4 Å². The molecule has 1 amide bonds. The van der Waals surface area contributed by atoms with Gasteiger partial charge in [-0.3, -0.25) is 4.90 Å². The van der Waals surface area contributed by atoms with Crippen LogP contribution in [0, 0.1) is 0 Å². The summed E-state index contributed by atoms with van der Waals surface area (Å²) in [5.41, 5.74) is 2.18. The van der Waals surface area contributed by atoms with Crippen LogP contribution in [0.25, 0.3) is 0 Å². The molecule has 0 aromatic heterocycles. The Kier molecular flexibility index (Phi) is 3.61. The number of carbonyl (C=O) groups is 1. The molecular weight excluding hydrogens is 346 g/mol. The largest absolute Gasteiger partial charge is 0.457 e. The van der Waals surface area contributed by atoms with Crippen LogP contribution in [-0.4, -0.2) is 36.6 Å². The first-order valence-corrected chi connectivity index (χ1v) is 8.73. The molecule has 0 saturated carbocycles. The summed E-state index contributed by atoms with van der Waals surface area (Å²) in [6.45, 7) is 0.896. The van der Waals surface area contributed by atoms with E-state index < -0.39 is 18.3 Å². The predicted molar refractivity (Wildman–Crippen MR) is 100 cm³/mol. The van der Waals surface area contributed by atoms with Crippen LogP contribution >= 0.6 is 0 Å².